The van der Waals surface area contributed by atoms with Crippen LogP contribution in [0.2, 0.25) is 5.02 Å². The highest BCUT2D eigenvalue weighted by Gasteiger charge is 2.22. The third-order valence-electron chi connectivity index (χ3n) is 3.86. The molecule has 1 heterocycles. The van der Waals surface area contributed by atoms with Gasteiger partial charge < -0.3 is 14.6 Å². The maximum Gasteiger partial charge on any atom is 0.257 e. The topological polar surface area (TPSA) is 64.4 Å². The van der Waals surface area contributed by atoms with Crippen molar-refractivity contribution in [1.29, 1.82) is 0 Å². The molecule has 1 amide bonds. The molecule has 134 valence electrons. The van der Waals surface area contributed by atoms with E-state index >= 15 is 0 Å². The van der Waals surface area contributed by atoms with Gasteiger partial charge in [-0.1, -0.05) is 47.1 Å². The van der Waals surface area contributed by atoms with Gasteiger partial charge in [-0.2, -0.15) is 0 Å². The summed E-state index contributed by atoms with van der Waals surface area (Å²) in [5.74, 6) is 0.945. The summed E-state index contributed by atoms with van der Waals surface area (Å²) < 4.78 is 10.9. The van der Waals surface area contributed by atoms with Crippen LogP contribution in [-0.4, -0.2) is 24.2 Å². The molecule has 1 N–H and O–H groups in total. The van der Waals surface area contributed by atoms with Crippen molar-refractivity contribution in [3.63, 3.8) is 0 Å². The highest BCUT2D eigenvalue weighted by Crippen LogP contribution is 2.30. The Balaban J connectivity index is 1.65. The quantitative estimate of drug-likeness (QED) is 0.652. The minimum absolute atomic E-state index is 0.272. The lowest BCUT2D eigenvalue weighted by Gasteiger charge is -2.09. The van der Waals surface area contributed by atoms with E-state index in [0.717, 1.165) is 11.3 Å². The van der Waals surface area contributed by atoms with E-state index < -0.39 is 0 Å². The predicted molar refractivity (Wildman–Crippen MR) is 101 cm³/mol. The number of aromatic nitrogens is 1. The smallest absolute Gasteiger partial charge is 0.257 e. The van der Waals surface area contributed by atoms with Crippen LogP contribution < -0.4 is 10.1 Å². The molecular weight excluding hydrogens is 352 g/mol. The molecule has 0 unspecified atom stereocenters. The van der Waals surface area contributed by atoms with Gasteiger partial charge in [0.2, 0.25) is 0 Å². The number of carbonyl (C=O) groups is 1. The SMILES string of the molecule is Cc1cccc(OCCNC(=O)c2c(-c3ccccc3Cl)noc2C)c1. The molecule has 3 aromatic rings. The van der Waals surface area contributed by atoms with Crippen molar-refractivity contribution in [1.82, 2.24) is 10.5 Å². The molecule has 0 saturated carbocycles. The number of ether oxygens (including phenoxy) is 1. The lowest BCUT2D eigenvalue weighted by atomic mass is 10.1. The fraction of sp³-hybridized carbons (Fsp3) is 0.200. The second-order valence-corrected chi connectivity index (χ2v) is 6.27. The first-order chi connectivity index (χ1) is 12.6. The average molecular weight is 371 g/mol. The summed E-state index contributed by atoms with van der Waals surface area (Å²) in [5.41, 5.74) is 2.60. The molecule has 3 rings (SSSR count). The molecule has 0 aliphatic carbocycles. The van der Waals surface area contributed by atoms with Crippen LogP contribution in [-0.2, 0) is 0 Å². The normalized spacial score (nSPS) is 10.6. The molecule has 0 fully saturated rings. The van der Waals surface area contributed by atoms with Gasteiger partial charge in [0.15, 0.2) is 0 Å². The van der Waals surface area contributed by atoms with Crippen molar-refractivity contribution in [2.24, 2.45) is 0 Å². The van der Waals surface area contributed by atoms with Crippen LogP contribution in [0.25, 0.3) is 11.3 Å². The molecule has 0 saturated heterocycles. The Labute approximate surface area is 156 Å². The van der Waals surface area contributed by atoms with Gasteiger partial charge in [0.1, 0.15) is 29.4 Å². The van der Waals surface area contributed by atoms with Crippen LogP contribution in [0.5, 0.6) is 5.75 Å². The monoisotopic (exact) mass is 370 g/mol. The molecule has 1 aromatic heterocycles. The third kappa shape index (κ3) is 4.06. The van der Waals surface area contributed by atoms with E-state index in [1.54, 1.807) is 19.1 Å². The van der Waals surface area contributed by atoms with E-state index in [9.17, 15) is 4.79 Å². The zero-order valence-corrected chi connectivity index (χ0v) is 15.3. The molecule has 0 aliphatic heterocycles. The number of aryl methyl sites for hydroxylation is 2. The van der Waals surface area contributed by atoms with Gasteiger partial charge in [0, 0.05) is 5.56 Å². The van der Waals surface area contributed by atoms with Gasteiger partial charge in [-0.3, -0.25) is 4.79 Å². The van der Waals surface area contributed by atoms with Crippen molar-refractivity contribution in [3.05, 3.63) is 70.4 Å². The molecule has 0 spiro atoms. The van der Waals surface area contributed by atoms with E-state index in [0.29, 0.717) is 40.8 Å². The standard InChI is InChI=1S/C20H19ClN2O3/c1-13-6-5-7-15(12-13)25-11-10-22-20(24)18-14(2)26-23-19(18)16-8-3-4-9-17(16)21/h3-9,12H,10-11H2,1-2H3,(H,22,24). The van der Waals surface area contributed by atoms with Crippen LogP contribution in [0.3, 0.4) is 0 Å². The fourth-order valence-corrected chi connectivity index (χ4v) is 2.83. The number of nitrogens with zero attached hydrogens (tertiary/aromatic N) is 1. The molecule has 5 nitrogen and oxygen atoms in total. The predicted octanol–water partition coefficient (Wildman–Crippen LogP) is 4.42. The summed E-state index contributed by atoms with van der Waals surface area (Å²) in [6, 6.07) is 15.0. The number of hydrogen-bond acceptors (Lipinski definition) is 4. The first kappa shape index (κ1) is 18.0. The first-order valence-electron chi connectivity index (χ1n) is 8.25. The molecule has 2 aromatic carbocycles. The summed E-state index contributed by atoms with van der Waals surface area (Å²) in [7, 11) is 0. The van der Waals surface area contributed by atoms with Crippen molar-refractivity contribution in [2.45, 2.75) is 13.8 Å². The van der Waals surface area contributed by atoms with Gasteiger partial charge in [-0.05, 0) is 37.6 Å². The number of hydrogen-bond donors (Lipinski definition) is 1. The summed E-state index contributed by atoms with van der Waals surface area (Å²) in [6.07, 6.45) is 0. The van der Waals surface area contributed by atoms with Crippen LogP contribution in [0, 0.1) is 13.8 Å². The first-order valence-corrected chi connectivity index (χ1v) is 8.63. The average Bonchev–Trinajstić information content (AvgIpc) is 3.00. The van der Waals surface area contributed by atoms with Crippen molar-refractivity contribution >= 4 is 17.5 Å². The number of benzene rings is 2. The Morgan fingerprint density at radius 1 is 1.19 bits per heavy atom. The largest absolute Gasteiger partial charge is 0.492 e. The number of halogens is 1. The minimum atomic E-state index is -0.272. The number of carbonyl (C=O) groups excluding carboxylic acids is 1. The molecular formula is C20H19ClN2O3. The number of nitrogens with one attached hydrogen (secondary N) is 1. The van der Waals surface area contributed by atoms with Crippen molar-refractivity contribution < 1.29 is 14.1 Å². The van der Waals surface area contributed by atoms with Gasteiger partial charge in [0.25, 0.3) is 5.91 Å². The highest BCUT2D eigenvalue weighted by atomic mass is 35.5. The van der Waals surface area contributed by atoms with Crippen LogP contribution in [0.1, 0.15) is 21.7 Å². The number of amides is 1. The van der Waals surface area contributed by atoms with E-state index in [1.807, 2.05) is 43.3 Å². The second-order valence-electron chi connectivity index (χ2n) is 5.86. The third-order valence-corrected chi connectivity index (χ3v) is 4.19. The Morgan fingerprint density at radius 2 is 2.00 bits per heavy atom. The summed E-state index contributed by atoms with van der Waals surface area (Å²) in [5, 5.41) is 7.35. The van der Waals surface area contributed by atoms with E-state index in [4.69, 9.17) is 20.9 Å². The lowest BCUT2D eigenvalue weighted by molar-refractivity contribution is 0.0946. The second kappa shape index (κ2) is 8.06. The summed E-state index contributed by atoms with van der Waals surface area (Å²) in [6.45, 7) is 4.42. The van der Waals surface area contributed by atoms with Crippen LogP contribution in [0.15, 0.2) is 53.1 Å². The van der Waals surface area contributed by atoms with Crippen LogP contribution in [0.4, 0.5) is 0 Å². The Morgan fingerprint density at radius 3 is 2.77 bits per heavy atom. The maximum absolute atomic E-state index is 12.6. The van der Waals surface area contributed by atoms with Crippen molar-refractivity contribution in [2.75, 3.05) is 13.2 Å². The molecule has 6 heteroatoms. The number of rotatable bonds is 6. The molecule has 0 aliphatic rings. The molecule has 0 radical (unpaired) electrons. The van der Waals surface area contributed by atoms with Gasteiger partial charge >= 0.3 is 0 Å². The Bertz CT molecular complexity index is 921. The lowest BCUT2D eigenvalue weighted by Crippen LogP contribution is -2.28. The Hall–Kier alpha value is -2.79. The fourth-order valence-electron chi connectivity index (χ4n) is 2.60. The molecule has 26 heavy (non-hydrogen) atoms. The van der Waals surface area contributed by atoms with Gasteiger partial charge in [-0.15, -0.1) is 0 Å². The van der Waals surface area contributed by atoms with E-state index in [1.165, 1.54) is 0 Å². The Kier molecular flexibility index (Phi) is 5.58. The molecule has 0 bridgehead atoms. The summed E-state index contributed by atoms with van der Waals surface area (Å²) in [4.78, 5) is 12.6. The maximum atomic E-state index is 12.6. The zero-order chi connectivity index (χ0) is 18.5. The van der Waals surface area contributed by atoms with E-state index in [-0.39, 0.29) is 5.91 Å². The highest BCUT2D eigenvalue weighted by molar-refractivity contribution is 6.33. The van der Waals surface area contributed by atoms with Gasteiger partial charge in [-0.25, -0.2) is 0 Å². The van der Waals surface area contributed by atoms with Gasteiger partial charge in [0.05, 0.1) is 11.6 Å². The summed E-state index contributed by atoms with van der Waals surface area (Å²) >= 11 is 6.22. The molecule has 0 atom stereocenters. The zero-order valence-electron chi connectivity index (χ0n) is 14.6. The van der Waals surface area contributed by atoms with Crippen LogP contribution >= 0.6 is 11.6 Å². The van der Waals surface area contributed by atoms with E-state index in [2.05, 4.69) is 10.5 Å². The minimum Gasteiger partial charge on any atom is -0.492 e. The van der Waals surface area contributed by atoms with Crippen molar-refractivity contribution in [3.8, 4) is 17.0 Å².